The van der Waals surface area contributed by atoms with E-state index in [1.807, 2.05) is 7.05 Å². The Bertz CT molecular complexity index is 1940. The number of piperazine rings is 1. The van der Waals surface area contributed by atoms with Gasteiger partial charge in [-0.25, -0.2) is 14.2 Å². The summed E-state index contributed by atoms with van der Waals surface area (Å²) in [6.07, 6.45) is -3.81. The fraction of sp³-hybridized carbons (Fsp3) is 0.500. The van der Waals surface area contributed by atoms with Crippen molar-refractivity contribution in [3.63, 3.8) is 0 Å². The lowest BCUT2D eigenvalue weighted by Crippen LogP contribution is -2.59. The molecule has 49 heavy (non-hydrogen) atoms. The second-order valence-corrected chi connectivity index (χ2v) is 13.8. The Morgan fingerprint density at radius 1 is 0.980 bits per heavy atom. The Labute approximate surface area is 280 Å². The summed E-state index contributed by atoms with van der Waals surface area (Å²) in [5.41, 5.74) is -3.02. The monoisotopic (exact) mass is 685 g/mol. The number of fused-ring (bicyclic) bond motifs is 2. The summed E-state index contributed by atoms with van der Waals surface area (Å²) in [4.78, 5) is 45.7. The second kappa shape index (κ2) is 12.7. The summed E-state index contributed by atoms with van der Waals surface area (Å²) < 4.78 is 71.9. The van der Waals surface area contributed by atoms with Crippen LogP contribution < -0.4 is 15.2 Å². The third kappa shape index (κ3) is 6.72. The molecule has 0 aliphatic carbocycles. The molecule has 0 spiro atoms. The lowest BCUT2D eigenvalue weighted by atomic mass is 10.1. The molecular weight excluding hydrogens is 646 g/mol. The van der Waals surface area contributed by atoms with E-state index in [1.165, 1.54) is 23.1 Å². The molecule has 2 aliphatic heterocycles. The summed E-state index contributed by atoms with van der Waals surface area (Å²) in [7, 11) is 1.96. The van der Waals surface area contributed by atoms with Gasteiger partial charge in [0.2, 0.25) is 5.82 Å². The summed E-state index contributed by atoms with van der Waals surface area (Å²) in [5, 5.41) is 0.130. The van der Waals surface area contributed by atoms with Gasteiger partial charge in [0.15, 0.2) is 11.3 Å². The Morgan fingerprint density at radius 3 is 2.27 bits per heavy atom. The number of benzene rings is 2. The highest BCUT2D eigenvalue weighted by Crippen LogP contribution is 2.36. The number of carbonyl (C=O) groups excluding carboxylic acids is 1. The van der Waals surface area contributed by atoms with Gasteiger partial charge >= 0.3 is 18.3 Å². The molecule has 0 unspecified atom stereocenters. The fourth-order valence-corrected chi connectivity index (χ4v) is 6.73. The number of anilines is 1. The number of carbonyl (C=O) groups is 1. The third-order valence-corrected chi connectivity index (χ3v) is 8.90. The summed E-state index contributed by atoms with van der Waals surface area (Å²) in [5.74, 6) is -2.39. The molecule has 262 valence electrons. The molecule has 1 amide bonds. The maximum Gasteiger partial charge on any atom is 0.450 e. The number of likely N-dealkylation sites (N-methyl/N-ethyl adjacent to an activating group) is 1. The van der Waals surface area contributed by atoms with Crippen LogP contribution in [0.5, 0.6) is 6.01 Å². The van der Waals surface area contributed by atoms with Gasteiger partial charge in [-0.1, -0.05) is 24.3 Å². The summed E-state index contributed by atoms with van der Waals surface area (Å²) in [6, 6.07) is 7.19. The minimum atomic E-state index is -5.13. The van der Waals surface area contributed by atoms with Crippen molar-refractivity contribution in [3.8, 4) is 11.7 Å². The van der Waals surface area contributed by atoms with Gasteiger partial charge in [0.05, 0.1) is 5.69 Å². The van der Waals surface area contributed by atoms with Crippen LogP contribution in [0.3, 0.4) is 0 Å². The van der Waals surface area contributed by atoms with Crippen molar-refractivity contribution in [2.45, 2.75) is 77.4 Å². The van der Waals surface area contributed by atoms with Crippen molar-refractivity contribution < 1.29 is 31.8 Å². The van der Waals surface area contributed by atoms with E-state index in [0.29, 0.717) is 9.95 Å². The molecule has 6 rings (SSSR count). The van der Waals surface area contributed by atoms with Gasteiger partial charge < -0.3 is 24.2 Å². The molecule has 0 N–H and O–H groups in total. The van der Waals surface area contributed by atoms with E-state index in [-0.39, 0.29) is 54.2 Å². The highest BCUT2D eigenvalue weighted by Gasteiger charge is 2.41. The highest BCUT2D eigenvalue weighted by atomic mass is 19.4. The van der Waals surface area contributed by atoms with Gasteiger partial charge in [-0.2, -0.15) is 23.1 Å². The first-order chi connectivity index (χ1) is 23.0. The quantitative estimate of drug-likeness (QED) is 0.241. The zero-order valence-corrected chi connectivity index (χ0v) is 28.2. The fourth-order valence-electron chi connectivity index (χ4n) is 6.73. The standard InChI is InChI=1S/C34H39F4N7O4/c1-19-16-43(32(47)49-33(3,4)5)17-20(2)44(19)28-26-27(40-31(41-28)48-18-22-12-9-15-42(22)6)29(46)45(30(39-26)34(36,37)38)24-14-8-11-21-10-7-13-23(35)25(21)24/h7-8,10-11,13-14,19-20,22H,9,12,15-18H2,1-6H3/t19-,20-,22-/m0/s1. The Balaban J connectivity index is 1.55. The minimum absolute atomic E-state index is 0.0394. The Morgan fingerprint density at radius 2 is 1.65 bits per heavy atom. The van der Waals surface area contributed by atoms with E-state index in [9.17, 15) is 22.8 Å². The van der Waals surface area contributed by atoms with Gasteiger partial charge in [0.1, 0.15) is 23.5 Å². The highest BCUT2D eigenvalue weighted by molar-refractivity contribution is 5.92. The molecular formula is C34H39F4N7O4. The zero-order valence-electron chi connectivity index (χ0n) is 28.2. The summed E-state index contributed by atoms with van der Waals surface area (Å²) >= 11 is 0. The largest absolute Gasteiger partial charge is 0.462 e. The number of hydrogen-bond donors (Lipinski definition) is 0. The normalized spacial score (nSPS) is 20.7. The van der Waals surface area contributed by atoms with E-state index < -0.39 is 52.7 Å². The summed E-state index contributed by atoms with van der Waals surface area (Å²) in [6.45, 7) is 10.2. The first-order valence-corrected chi connectivity index (χ1v) is 16.2. The minimum Gasteiger partial charge on any atom is -0.462 e. The number of likely N-dealkylation sites (tertiary alicyclic amines) is 1. The number of amides is 1. The van der Waals surface area contributed by atoms with E-state index >= 15 is 4.39 Å². The molecule has 2 fully saturated rings. The Kier molecular flexibility index (Phi) is 8.92. The molecule has 2 aromatic heterocycles. The number of aromatic nitrogens is 4. The van der Waals surface area contributed by atoms with E-state index in [1.54, 1.807) is 51.7 Å². The van der Waals surface area contributed by atoms with Crippen LogP contribution in [0.1, 0.15) is 53.3 Å². The average Bonchev–Trinajstić information content (AvgIpc) is 3.42. The lowest BCUT2D eigenvalue weighted by Gasteiger charge is -2.45. The van der Waals surface area contributed by atoms with Gasteiger partial charge in [0.25, 0.3) is 5.56 Å². The van der Waals surface area contributed by atoms with E-state index in [2.05, 4.69) is 19.9 Å². The molecule has 11 nitrogen and oxygen atoms in total. The van der Waals surface area contributed by atoms with Crippen molar-refractivity contribution >= 4 is 33.7 Å². The second-order valence-electron chi connectivity index (χ2n) is 13.8. The van der Waals surface area contributed by atoms with Crippen LogP contribution in [-0.4, -0.2) is 92.4 Å². The topological polar surface area (TPSA) is 106 Å². The van der Waals surface area contributed by atoms with Crippen LogP contribution in [0.2, 0.25) is 0 Å². The number of alkyl halides is 3. The van der Waals surface area contributed by atoms with Crippen LogP contribution in [-0.2, 0) is 10.9 Å². The third-order valence-electron chi connectivity index (χ3n) is 8.90. The molecule has 15 heteroatoms. The SMILES string of the molecule is C[C@H]1CN(C(=O)OC(C)(C)C)C[C@H](C)N1c1nc(OC[C@@H]2CCCN2C)nc2c(=O)n(-c3cccc4cccc(F)c34)c(C(F)(F)F)nc12. The first kappa shape index (κ1) is 34.3. The molecule has 0 radical (unpaired) electrons. The molecule has 2 aromatic carbocycles. The van der Waals surface area contributed by atoms with Crippen molar-refractivity contribution in [3.05, 3.63) is 58.4 Å². The number of rotatable bonds is 5. The number of halogens is 4. The van der Waals surface area contributed by atoms with Crippen LogP contribution in [0.4, 0.5) is 28.2 Å². The van der Waals surface area contributed by atoms with Gasteiger partial charge in [-0.15, -0.1) is 0 Å². The first-order valence-electron chi connectivity index (χ1n) is 16.2. The van der Waals surface area contributed by atoms with Crippen molar-refractivity contribution in [1.29, 1.82) is 0 Å². The van der Waals surface area contributed by atoms with Crippen LogP contribution >= 0.6 is 0 Å². The van der Waals surface area contributed by atoms with Crippen LogP contribution in [0.25, 0.3) is 27.5 Å². The smallest absolute Gasteiger partial charge is 0.450 e. The van der Waals surface area contributed by atoms with Crippen LogP contribution in [0.15, 0.2) is 41.2 Å². The average molecular weight is 686 g/mol. The van der Waals surface area contributed by atoms with Crippen molar-refractivity contribution in [2.24, 2.45) is 0 Å². The van der Waals surface area contributed by atoms with Gasteiger partial charge in [-0.3, -0.25) is 9.36 Å². The maximum atomic E-state index is 15.2. The van der Waals surface area contributed by atoms with Gasteiger partial charge in [0, 0.05) is 36.6 Å². The van der Waals surface area contributed by atoms with E-state index in [0.717, 1.165) is 25.5 Å². The molecule has 4 aromatic rings. The molecule has 4 heterocycles. The predicted octanol–water partition coefficient (Wildman–Crippen LogP) is 5.79. The number of nitrogens with zero attached hydrogens (tertiary/aromatic N) is 7. The van der Waals surface area contributed by atoms with E-state index in [4.69, 9.17) is 9.47 Å². The molecule has 0 saturated carbocycles. The van der Waals surface area contributed by atoms with Gasteiger partial charge in [-0.05, 0) is 78.6 Å². The Hall–Kier alpha value is -4.53. The lowest BCUT2D eigenvalue weighted by molar-refractivity contribution is -0.146. The molecule has 0 bridgehead atoms. The maximum absolute atomic E-state index is 15.2. The van der Waals surface area contributed by atoms with Crippen LogP contribution in [0, 0.1) is 5.82 Å². The molecule has 3 atom stereocenters. The zero-order chi connectivity index (χ0) is 35.4. The molecule has 2 saturated heterocycles. The number of hydrogen-bond acceptors (Lipinski definition) is 9. The number of ether oxygens (including phenoxy) is 2. The van der Waals surface area contributed by atoms with Crippen molar-refractivity contribution in [2.75, 3.05) is 38.2 Å². The molecule has 2 aliphatic rings. The predicted molar refractivity (Wildman–Crippen MR) is 176 cm³/mol. The van der Waals surface area contributed by atoms with Crippen molar-refractivity contribution in [1.82, 2.24) is 29.3 Å².